The molecular weight excluding hydrogens is 144 g/mol. The highest BCUT2D eigenvalue weighted by Crippen LogP contribution is 2.77. The van der Waals surface area contributed by atoms with Crippen LogP contribution in [0.5, 0.6) is 0 Å². The molecule has 0 spiro atoms. The summed E-state index contributed by atoms with van der Waals surface area (Å²) in [6.07, 6.45) is 0. The quantitative estimate of drug-likeness (QED) is 0.513. The molecule has 12 heavy (non-hydrogen) atoms. The highest BCUT2D eigenvalue weighted by Gasteiger charge is 2.71. The molecule has 0 heterocycles. The van der Waals surface area contributed by atoms with Crippen LogP contribution in [0.2, 0.25) is 0 Å². The Balaban J connectivity index is 3.16. The minimum Gasteiger partial charge on any atom is -0.0588 e. The number of hydrogen-bond acceptors (Lipinski definition) is 0. The number of rotatable bonds is 0. The van der Waals surface area contributed by atoms with E-state index in [1.807, 2.05) is 0 Å². The topological polar surface area (TPSA) is 0 Å². The third kappa shape index (κ3) is 0.625. The fourth-order valence-corrected chi connectivity index (χ4v) is 2.80. The molecule has 0 heteroatoms. The highest BCUT2D eigenvalue weighted by atomic mass is 14.7. The largest absolute Gasteiger partial charge is 0.0588 e. The molecular formula is C12H22. The van der Waals surface area contributed by atoms with E-state index in [-0.39, 0.29) is 16.2 Å². The van der Waals surface area contributed by atoms with Gasteiger partial charge in [-0.3, -0.25) is 0 Å². The van der Waals surface area contributed by atoms with E-state index in [0.717, 1.165) is 0 Å². The van der Waals surface area contributed by atoms with Crippen LogP contribution in [-0.4, -0.2) is 0 Å². The van der Waals surface area contributed by atoms with Crippen molar-refractivity contribution in [1.29, 1.82) is 0 Å². The van der Waals surface area contributed by atoms with Gasteiger partial charge in [0.1, 0.15) is 0 Å². The van der Waals surface area contributed by atoms with Crippen LogP contribution in [0, 0.1) is 28.6 Å². The van der Waals surface area contributed by atoms with Crippen molar-refractivity contribution in [3.63, 3.8) is 0 Å². The van der Waals surface area contributed by atoms with Crippen LogP contribution in [-0.2, 0) is 0 Å². The van der Waals surface area contributed by atoms with Crippen molar-refractivity contribution in [3.05, 3.63) is 6.92 Å². The summed E-state index contributed by atoms with van der Waals surface area (Å²) in [5, 5.41) is 0. The van der Waals surface area contributed by atoms with Gasteiger partial charge in [0.15, 0.2) is 0 Å². The zero-order valence-corrected chi connectivity index (χ0v) is 9.58. The van der Waals surface area contributed by atoms with Gasteiger partial charge in [-0.05, 0) is 28.6 Å². The van der Waals surface area contributed by atoms with E-state index in [0.29, 0.717) is 5.41 Å². The summed E-state index contributed by atoms with van der Waals surface area (Å²) in [4.78, 5) is 0. The zero-order chi connectivity index (χ0) is 10.0. The van der Waals surface area contributed by atoms with E-state index in [1.165, 1.54) is 0 Å². The van der Waals surface area contributed by atoms with Gasteiger partial charge in [-0.25, -0.2) is 0 Å². The van der Waals surface area contributed by atoms with Crippen LogP contribution in [0.1, 0.15) is 48.5 Å². The van der Waals surface area contributed by atoms with Gasteiger partial charge < -0.3 is 0 Å². The number of hydrogen-bond donors (Lipinski definition) is 0. The van der Waals surface area contributed by atoms with Crippen LogP contribution in [0.4, 0.5) is 0 Å². The minimum absolute atomic E-state index is 0.0521. The Morgan fingerprint density at radius 2 is 0.833 bits per heavy atom. The third-order valence-corrected chi connectivity index (χ3v) is 5.72. The standard InChI is InChI=1S/C12H22/c1-9(2)10(3,4)12(7,8)11(9,5)6/h1H,2-8H3. The van der Waals surface area contributed by atoms with E-state index >= 15 is 0 Å². The smallest absolute Gasteiger partial charge is 0.0179 e. The molecule has 0 aromatic rings. The van der Waals surface area contributed by atoms with Gasteiger partial charge in [0, 0.05) is 0 Å². The van der Waals surface area contributed by atoms with Crippen LogP contribution in [0.25, 0.3) is 0 Å². The molecule has 0 saturated heterocycles. The van der Waals surface area contributed by atoms with Gasteiger partial charge in [0.25, 0.3) is 0 Å². The Kier molecular flexibility index (Phi) is 1.60. The van der Waals surface area contributed by atoms with Crippen LogP contribution in [0.15, 0.2) is 0 Å². The van der Waals surface area contributed by atoms with Gasteiger partial charge in [-0.1, -0.05) is 48.5 Å². The van der Waals surface area contributed by atoms with Gasteiger partial charge in [-0.2, -0.15) is 0 Å². The summed E-state index contributed by atoms with van der Waals surface area (Å²) in [7, 11) is 0. The molecule has 0 N–H and O–H groups in total. The van der Waals surface area contributed by atoms with Crippen molar-refractivity contribution in [3.8, 4) is 0 Å². The lowest BCUT2D eigenvalue weighted by atomic mass is 9.28. The molecule has 70 valence electrons. The van der Waals surface area contributed by atoms with Gasteiger partial charge in [0.2, 0.25) is 0 Å². The fourth-order valence-electron chi connectivity index (χ4n) is 2.80. The summed E-state index contributed by atoms with van der Waals surface area (Å²) in [5.74, 6) is 0. The van der Waals surface area contributed by atoms with E-state index in [9.17, 15) is 0 Å². The van der Waals surface area contributed by atoms with E-state index < -0.39 is 0 Å². The Morgan fingerprint density at radius 3 is 0.917 bits per heavy atom. The zero-order valence-electron chi connectivity index (χ0n) is 9.58. The second-order valence-electron chi connectivity index (χ2n) is 6.08. The monoisotopic (exact) mass is 166 g/mol. The SMILES string of the molecule is [CH]C1(C)C(C)(C)C(C)(C)C1(C)C. The molecule has 0 nitrogen and oxygen atoms in total. The Morgan fingerprint density at radius 1 is 0.583 bits per heavy atom. The summed E-state index contributed by atoms with van der Waals surface area (Å²) in [6, 6.07) is 0. The molecule has 1 saturated carbocycles. The molecule has 1 aliphatic rings. The van der Waals surface area contributed by atoms with Crippen LogP contribution in [0.3, 0.4) is 0 Å². The minimum atomic E-state index is -0.0521. The first-order chi connectivity index (χ1) is 5.00. The maximum absolute atomic E-state index is 6.35. The molecule has 0 aromatic carbocycles. The molecule has 0 atom stereocenters. The van der Waals surface area contributed by atoms with E-state index in [1.54, 1.807) is 0 Å². The molecule has 1 fully saturated rings. The Hall–Kier alpha value is 0. The van der Waals surface area contributed by atoms with E-state index in [2.05, 4.69) is 48.5 Å². The predicted octanol–water partition coefficient (Wildman–Crippen LogP) is 3.80. The molecule has 0 unspecified atom stereocenters. The van der Waals surface area contributed by atoms with Gasteiger partial charge in [0.05, 0.1) is 0 Å². The summed E-state index contributed by atoms with van der Waals surface area (Å²) in [6.45, 7) is 22.3. The van der Waals surface area contributed by atoms with Gasteiger partial charge in [-0.15, -0.1) is 0 Å². The second kappa shape index (κ2) is 1.91. The Bertz CT molecular complexity index is 140. The summed E-state index contributed by atoms with van der Waals surface area (Å²) in [5.41, 5.74) is 0.722. The average Bonchev–Trinajstić information content (AvgIpc) is 1.84. The normalized spacial score (nSPS) is 34.0. The molecule has 1 rings (SSSR count). The van der Waals surface area contributed by atoms with Crippen LogP contribution >= 0.6 is 0 Å². The van der Waals surface area contributed by atoms with Crippen molar-refractivity contribution in [1.82, 2.24) is 0 Å². The van der Waals surface area contributed by atoms with Gasteiger partial charge >= 0.3 is 0 Å². The predicted molar refractivity (Wildman–Crippen MR) is 53.8 cm³/mol. The third-order valence-electron chi connectivity index (χ3n) is 5.72. The Labute approximate surface area is 77.7 Å². The first-order valence-electron chi connectivity index (χ1n) is 4.79. The van der Waals surface area contributed by atoms with E-state index in [4.69, 9.17) is 6.92 Å². The first-order valence-corrected chi connectivity index (χ1v) is 4.79. The first kappa shape index (κ1) is 10.1. The van der Waals surface area contributed by atoms with Crippen molar-refractivity contribution in [2.24, 2.45) is 21.7 Å². The summed E-state index contributed by atoms with van der Waals surface area (Å²) < 4.78 is 0. The highest BCUT2D eigenvalue weighted by molar-refractivity contribution is 5.21. The fraction of sp³-hybridized carbons (Fsp3) is 0.917. The molecule has 1 aliphatic carbocycles. The molecule has 0 aliphatic heterocycles. The lowest BCUT2D eigenvalue weighted by Gasteiger charge is -2.76. The van der Waals surface area contributed by atoms with Crippen molar-refractivity contribution >= 4 is 0 Å². The maximum atomic E-state index is 6.35. The lowest BCUT2D eigenvalue weighted by Crippen LogP contribution is -2.70. The van der Waals surface area contributed by atoms with Crippen molar-refractivity contribution in [2.75, 3.05) is 0 Å². The van der Waals surface area contributed by atoms with Crippen LogP contribution < -0.4 is 0 Å². The lowest BCUT2D eigenvalue weighted by molar-refractivity contribution is -0.268. The molecule has 0 bridgehead atoms. The maximum Gasteiger partial charge on any atom is -0.0179 e. The summed E-state index contributed by atoms with van der Waals surface area (Å²) >= 11 is 0. The van der Waals surface area contributed by atoms with Crippen molar-refractivity contribution < 1.29 is 0 Å². The molecule has 0 amide bonds. The second-order valence-corrected chi connectivity index (χ2v) is 6.08. The van der Waals surface area contributed by atoms with Crippen molar-refractivity contribution in [2.45, 2.75) is 48.5 Å². The molecule has 2 radical (unpaired) electrons. The molecule has 0 aromatic heterocycles. The average molecular weight is 166 g/mol.